The van der Waals surface area contributed by atoms with Crippen molar-refractivity contribution in [2.75, 3.05) is 18.9 Å². The Morgan fingerprint density at radius 3 is 2.33 bits per heavy atom. The zero-order chi connectivity index (χ0) is 27.7. The van der Waals surface area contributed by atoms with E-state index < -0.39 is 15.9 Å². The number of carbonyl (C=O) groups excluding carboxylic acids is 1. The van der Waals surface area contributed by atoms with E-state index in [1.165, 1.54) is 44.7 Å². The van der Waals surface area contributed by atoms with E-state index in [1.54, 1.807) is 42.5 Å². The third-order valence-corrected chi connectivity index (χ3v) is 6.93. The minimum absolute atomic E-state index is 0.0825. The van der Waals surface area contributed by atoms with Crippen LogP contribution in [0.5, 0.6) is 17.2 Å². The molecule has 9 nitrogen and oxygen atoms in total. The summed E-state index contributed by atoms with van der Waals surface area (Å²) in [6, 6.07) is 27.3. The second kappa shape index (κ2) is 12.6. The van der Waals surface area contributed by atoms with Gasteiger partial charge in [0.15, 0.2) is 11.5 Å². The van der Waals surface area contributed by atoms with Gasteiger partial charge in [0.25, 0.3) is 15.9 Å². The number of anilines is 1. The second-order valence-corrected chi connectivity index (χ2v) is 9.90. The highest BCUT2D eigenvalue weighted by Crippen LogP contribution is 2.29. The SMILES string of the molecule is COc1ccccc1NS(=O)(=O)c1cccc(C(=O)NN=Cc2ccc(OCc3ccccc3)c(OC)c2)c1. The van der Waals surface area contributed by atoms with E-state index in [2.05, 4.69) is 15.2 Å². The van der Waals surface area contributed by atoms with Crippen molar-refractivity contribution in [1.82, 2.24) is 5.43 Å². The van der Waals surface area contributed by atoms with E-state index in [4.69, 9.17) is 14.2 Å². The average molecular weight is 546 g/mol. The minimum Gasteiger partial charge on any atom is -0.495 e. The lowest BCUT2D eigenvalue weighted by Crippen LogP contribution is -2.19. The van der Waals surface area contributed by atoms with Crippen LogP contribution in [0.25, 0.3) is 0 Å². The number of nitrogens with zero attached hydrogens (tertiary/aromatic N) is 1. The third kappa shape index (κ3) is 7.14. The number of nitrogens with one attached hydrogen (secondary N) is 2. The predicted molar refractivity (Wildman–Crippen MR) is 149 cm³/mol. The van der Waals surface area contributed by atoms with Gasteiger partial charge in [-0.05, 0) is 59.7 Å². The van der Waals surface area contributed by atoms with Gasteiger partial charge in [-0.1, -0.05) is 48.5 Å². The summed E-state index contributed by atoms with van der Waals surface area (Å²) in [7, 11) is -0.988. The van der Waals surface area contributed by atoms with Crippen LogP contribution in [0.4, 0.5) is 5.69 Å². The van der Waals surface area contributed by atoms with Gasteiger partial charge in [-0.15, -0.1) is 0 Å². The molecule has 4 rings (SSSR count). The van der Waals surface area contributed by atoms with Crippen molar-refractivity contribution in [2.45, 2.75) is 11.5 Å². The molecule has 0 atom stereocenters. The molecule has 200 valence electrons. The molecule has 1 amide bonds. The van der Waals surface area contributed by atoms with Gasteiger partial charge in [0, 0.05) is 5.56 Å². The Balaban J connectivity index is 1.41. The standard InChI is InChI=1S/C29H27N3O6S/c1-36-26-14-7-6-13-25(26)32-39(34,35)24-12-8-11-23(18-24)29(33)31-30-19-22-15-16-27(28(17-22)37-2)38-20-21-9-4-3-5-10-21/h3-19,32H,20H2,1-2H3,(H,31,33). The molecular weight excluding hydrogens is 518 g/mol. The smallest absolute Gasteiger partial charge is 0.271 e. The topological polar surface area (TPSA) is 115 Å². The molecule has 0 fully saturated rings. The highest BCUT2D eigenvalue weighted by atomic mass is 32.2. The fraction of sp³-hybridized carbons (Fsp3) is 0.103. The first kappa shape index (κ1) is 27.2. The van der Waals surface area contributed by atoms with Gasteiger partial charge in [0.05, 0.1) is 31.0 Å². The molecule has 0 spiro atoms. The Hall–Kier alpha value is -4.83. The molecule has 10 heteroatoms. The number of benzene rings is 4. The lowest BCUT2D eigenvalue weighted by molar-refractivity contribution is 0.0955. The first-order chi connectivity index (χ1) is 18.9. The zero-order valence-electron chi connectivity index (χ0n) is 21.3. The number of hydrogen-bond acceptors (Lipinski definition) is 7. The van der Waals surface area contributed by atoms with E-state index in [1.807, 2.05) is 30.3 Å². The molecule has 0 heterocycles. The Labute approximate surface area is 227 Å². The number of carbonyl (C=O) groups is 1. The van der Waals surface area contributed by atoms with Crippen LogP contribution < -0.4 is 24.4 Å². The van der Waals surface area contributed by atoms with Crippen molar-refractivity contribution in [3.05, 3.63) is 114 Å². The van der Waals surface area contributed by atoms with Gasteiger partial charge < -0.3 is 14.2 Å². The molecule has 0 saturated heterocycles. The van der Waals surface area contributed by atoms with Gasteiger partial charge in [-0.3, -0.25) is 9.52 Å². The summed E-state index contributed by atoms with van der Waals surface area (Å²) in [6.45, 7) is 0.393. The molecule has 0 radical (unpaired) electrons. The van der Waals surface area contributed by atoms with Gasteiger partial charge in [0.2, 0.25) is 0 Å². The number of amides is 1. The summed E-state index contributed by atoms with van der Waals surface area (Å²) < 4.78 is 44.8. The highest BCUT2D eigenvalue weighted by molar-refractivity contribution is 7.92. The zero-order valence-corrected chi connectivity index (χ0v) is 22.1. The number of methoxy groups -OCH3 is 2. The van der Waals surface area contributed by atoms with E-state index in [0.717, 1.165) is 5.56 Å². The first-order valence-corrected chi connectivity index (χ1v) is 13.3. The predicted octanol–water partition coefficient (Wildman–Crippen LogP) is 4.85. The summed E-state index contributed by atoms with van der Waals surface area (Å²) in [5.74, 6) is 0.885. The van der Waals surface area contributed by atoms with Gasteiger partial charge in [0.1, 0.15) is 12.4 Å². The monoisotopic (exact) mass is 545 g/mol. The van der Waals surface area contributed by atoms with Gasteiger partial charge in [-0.25, -0.2) is 13.8 Å². The van der Waals surface area contributed by atoms with Crippen LogP contribution in [-0.4, -0.2) is 34.8 Å². The van der Waals surface area contributed by atoms with Gasteiger partial charge >= 0.3 is 0 Å². The minimum atomic E-state index is -3.97. The van der Waals surface area contributed by atoms with E-state index in [0.29, 0.717) is 29.4 Å². The normalized spacial score (nSPS) is 11.1. The number of para-hydroxylation sites is 2. The number of hydrogen-bond donors (Lipinski definition) is 2. The van der Waals surface area contributed by atoms with Crippen LogP contribution in [0.15, 0.2) is 107 Å². The molecule has 0 aliphatic rings. The average Bonchev–Trinajstić information content (AvgIpc) is 2.97. The van der Waals surface area contributed by atoms with Crippen LogP contribution >= 0.6 is 0 Å². The maximum Gasteiger partial charge on any atom is 0.271 e. The number of hydrazone groups is 1. The molecule has 0 aliphatic heterocycles. The molecule has 0 bridgehead atoms. The van der Waals surface area contributed by atoms with Crippen molar-refractivity contribution in [3.63, 3.8) is 0 Å². The Morgan fingerprint density at radius 1 is 0.821 bits per heavy atom. The van der Waals surface area contributed by atoms with Gasteiger partial charge in [-0.2, -0.15) is 5.10 Å². The molecule has 39 heavy (non-hydrogen) atoms. The molecule has 0 aromatic heterocycles. The summed E-state index contributed by atoms with van der Waals surface area (Å²) in [4.78, 5) is 12.6. The lowest BCUT2D eigenvalue weighted by atomic mass is 10.2. The highest BCUT2D eigenvalue weighted by Gasteiger charge is 2.18. The summed E-state index contributed by atoms with van der Waals surface area (Å²) in [5.41, 5.74) is 4.51. The van der Waals surface area contributed by atoms with Crippen LogP contribution in [0.1, 0.15) is 21.5 Å². The molecule has 2 N–H and O–H groups in total. The fourth-order valence-corrected chi connectivity index (χ4v) is 4.70. The van der Waals surface area contributed by atoms with E-state index >= 15 is 0 Å². The van der Waals surface area contributed by atoms with E-state index in [9.17, 15) is 13.2 Å². The molecule has 0 unspecified atom stereocenters. The summed E-state index contributed by atoms with van der Waals surface area (Å²) in [5, 5.41) is 4.00. The molecule has 4 aromatic carbocycles. The summed E-state index contributed by atoms with van der Waals surface area (Å²) >= 11 is 0. The Kier molecular flexibility index (Phi) is 8.80. The fourth-order valence-electron chi connectivity index (χ4n) is 3.59. The van der Waals surface area contributed by atoms with Crippen molar-refractivity contribution in [1.29, 1.82) is 0 Å². The molecule has 0 saturated carbocycles. The second-order valence-electron chi connectivity index (χ2n) is 8.22. The van der Waals surface area contributed by atoms with Crippen LogP contribution in [0, 0.1) is 0 Å². The molecule has 0 aliphatic carbocycles. The quantitative estimate of drug-likeness (QED) is 0.206. The third-order valence-electron chi connectivity index (χ3n) is 5.56. The summed E-state index contributed by atoms with van der Waals surface area (Å²) in [6.07, 6.45) is 1.45. The number of rotatable bonds is 11. The van der Waals surface area contributed by atoms with Crippen molar-refractivity contribution in [3.8, 4) is 17.2 Å². The number of sulfonamides is 1. The van der Waals surface area contributed by atoms with Crippen molar-refractivity contribution < 1.29 is 27.4 Å². The largest absolute Gasteiger partial charge is 0.495 e. The Bertz CT molecular complexity index is 1570. The van der Waals surface area contributed by atoms with E-state index in [-0.39, 0.29) is 16.1 Å². The lowest BCUT2D eigenvalue weighted by Gasteiger charge is -2.12. The van der Waals surface area contributed by atoms with Crippen molar-refractivity contribution in [2.24, 2.45) is 5.10 Å². The number of ether oxygens (including phenoxy) is 3. The Morgan fingerprint density at radius 2 is 1.56 bits per heavy atom. The maximum atomic E-state index is 12.9. The maximum absolute atomic E-state index is 12.9. The molecule has 4 aromatic rings. The van der Waals surface area contributed by atoms with Crippen molar-refractivity contribution >= 4 is 27.8 Å². The van der Waals surface area contributed by atoms with Crippen LogP contribution in [-0.2, 0) is 16.6 Å². The van der Waals surface area contributed by atoms with Crippen LogP contribution in [0.2, 0.25) is 0 Å². The molecular formula is C29H27N3O6S. The first-order valence-electron chi connectivity index (χ1n) is 11.8. The van der Waals surface area contributed by atoms with Crippen LogP contribution in [0.3, 0.4) is 0 Å².